The van der Waals surface area contributed by atoms with Crippen LogP contribution >= 0.6 is 0 Å². The second kappa shape index (κ2) is 5.02. The van der Waals surface area contributed by atoms with Crippen molar-refractivity contribution >= 4 is 0 Å². The molecule has 0 bridgehead atoms. The van der Waals surface area contributed by atoms with E-state index in [0.29, 0.717) is 0 Å². The van der Waals surface area contributed by atoms with Gasteiger partial charge in [-0.1, -0.05) is 42.5 Å². The lowest BCUT2D eigenvalue weighted by atomic mass is 10.1. The summed E-state index contributed by atoms with van der Waals surface area (Å²) in [7, 11) is 0. The highest BCUT2D eigenvalue weighted by molar-refractivity contribution is 5.65. The molecule has 19 heavy (non-hydrogen) atoms. The second-order valence-corrected chi connectivity index (χ2v) is 4.44. The molecule has 0 saturated carbocycles. The molecule has 2 heterocycles. The van der Waals surface area contributed by atoms with E-state index in [2.05, 4.69) is 30.1 Å². The summed E-state index contributed by atoms with van der Waals surface area (Å²) in [6.45, 7) is 2.05. The van der Waals surface area contributed by atoms with Crippen molar-refractivity contribution in [1.82, 2.24) is 9.97 Å². The van der Waals surface area contributed by atoms with E-state index in [0.717, 1.165) is 28.2 Å². The van der Waals surface area contributed by atoms with Gasteiger partial charge in [0, 0.05) is 11.8 Å². The zero-order valence-corrected chi connectivity index (χ0v) is 10.7. The first kappa shape index (κ1) is 11.6. The summed E-state index contributed by atoms with van der Waals surface area (Å²) in [6, 6.07) is 20.2. The third kappa shape index (κ3) is 2.38. The van der Waals surface area contributed by atoms with Crippen LogP contribution in [0, 0.1) is 6.92 Å². The van der Waals surface area contributed by atoms with E-state index in [1.807, 2.05) is 42.5 Å². The summed E-state index contributed by atoms with van der Waals surface area (Å²) in [4.78, 5) is 9.13. The van der Waals surface area contributed by atoms with Crippen LogP contribution in [0.1, 0.15) is 5.56 Å². The molecule has 2 nitrogen and oxygen atoms in total. The quantitative estimate of drug-likeness (QED) is 0.679. The maximum atomic E-state index is 4.71. The van der Waals surface area contributed by atoms with Crippen LogP contribution in [0.25, 0.3) is 22.6 Å². The molecular weight excluding hydrogens is 232 g/mol. The number of nitrogens with zero attached hydrogens (tertiary/aromatic N) is 2. The Balaban J connectivity index is 2.09. The topological polar surface area (TPSA) is 25.8 Å². The largest absolute Gasteiger partial charge is 0.254 e. The first-order valence-electron chi connectivity index (χ1n) is 6.29. The standard InChI is InChI=1S/C17H14N2/c1-13-7-6-12-18-17(13)16-11-5-10-15(19-16)14-8-3-2-4-9-14/h2-12H,1H3. The Morgan fingerprint density at radius 3 is 2.32 bits per heavy atom. The van der Waals surface area contributed by atoms with E-state index in [9.17, 15) is 0 Å². The number of hydrogen-bond acceptors (Lipinski definition) is 2. The van der Waals surface area contributed by atoms with Crippen LogP contribution in [0.3, 0.4) is 0 Å². The van der Waals surface area contributed by atoms with Gasteiger partial charge in [-0.3, -0.25) is 4.98 Å². The second-order valence-electron chi connectivity index (χ2n) is 4.44. The highest BCUT2D eigenvalue weighted by Gasteiger charge is 2.06. The summed E-state index contributed by atoms with van der Waals surface area (Å²) in [6.07, 6.45) is 1.80. The Morgan fingerprint density at radius 2 is 1.53 bits per heavy atom. The summed E-state index contributed by atoms with van der Waals surface area (Å²) >= 11 is 0. The molecule has 0 spiro atoms. The zero-order valence-electron chi connectivity index (χ0n) is 10.7. The van der Waals surface area contributed by atoms with Gasteiger partial charge in [-0.2, -0.15) is 0 Å². The number of aryl methyl sites for hydroxylation is 1. The molecular formula is C17H14N2. The fraction of sp³-hybridized carbons (Fsp3) is 0.0588. The van der Waals surface area contributed by atoms with Crippen molar-refractivity contribution in [2.24, 2.45) is 0 Å². The van der Waals surface area contributed by atoms with Crippen molar-refractivity contribution in [3.05, 3.63) is 72.4 Å². The van der Waals surface area contributed by atoms with Crippen LogP contribution in [-0.2, 0) is 0 Å². The lowest BCUT2D eigenvalue weighted by Crippen LogP contribution is -1.92. The average Bonchev–Trinajstić information content (AvgIpc) is 2.49. The van der Waals surface area contributed by atoms with Crippen LogP contribution in [0.4, 0.5) is 0 Å². The minimum Gasteiger partial charge on any atom is -0.254 e. The van der Waals surface area contributed by atoms with Gasteiger partial charge in [-0.25, -0.2) is 4.98 Å². The van der Waals surface area contributed by atoms with Crippen molar-refractivity contribution in [2.45, 2.75) is 6.92 Å². The lowest BCUT2D eigenvalue weighted by molar-refractivity contribution is 1.21. The number of hydrogen-bond donors (Lipinski definition) is 0. The van der Waals surface area contributed by atoms with Crippen molar-refractivity contribution < 1.29 is 0 Å². The molecule has 0 aliphatic rings. The molecule has 1 aromatic carbocycles. The smallest absolute Gasteiger partial charge is 0.0915 e. The van der Waals surface area contributed by atoms with Gasteiger partial charge in [0.25, 0.3) is 0 Å². The maximum absolute atomic E-state index is 4.71. The molecule has 0 aliphatic carbocycles. The molecule has 0 radical (unpaired) electrons. The summed E-state index contributed by atoms with van der Waals surface area (Å²) in [5.74, 6) is 0. The summed E-state index contributed by atoms with van der Waals surface area (Å²) in [5.41, 5.74) is 5.10. The molecule has 2 heteroatoms. The zero-order chi connectivity index (χ0) is 13.1. The molecule has 3 rings (SSSR count). The number of aromatic nitrogens is 2. The Bertz CT molecular complexity index is 690. The van der Waals surface area contributed by atoms with Gasteiger partial charge in [0.1, 0.15) is 0 Å². The lowest BCUT2D eigenvalue weighted by Gasteiger charge is -2.06. The van der Waals surface area contributed by atoms with Gasteiger partial charge in [-0.15, -0.1) is 0 Å². The van der Waals surface area contributed by atoms with Crippen molar-refractivity contribution in [3.8, 4) is 22.6 Å². The van der Waals surface area contributed by atoms with E-state index in [1.165, 1.54) is 0 Å². The normalized spacial score (nSPS) is 10.4. The molecule has 3 aromatic rings. The van der Waals surface area contributed by atoms with Gasteiger partial charge in [0.15, 0.2) is 0 Å². The van der Waals surface area contributed by atoms with Gasteiger partial charge >= 0.3 is 0 Å². The van der Waals surface area contributed by atoms with Gasteiger partial charge in [0.05, 0.1) is 17.1 Å². The molecule has 0 N–H and O–H groups in total. The van der Waals surface area contributed by atoms with Gasteiger partial charge in [-0.05, 0) is 30.7 Å². The first-order valence-corrected chi connectivity index (χ1v) is 6.29. The maximum Gasteiger partial charge on any atom is 0.0915 e. The van der Waals surface area contributed by atoms with E-state index in [4.69, 9.17) is 4.98 Å². The first-order chi connectivity index (χ1) is 9.34. The third-order valence-electron chi connectivity index (χ3n) is 3.07. The average molecular weight is 246 g/mol. The predicted molar refractivity (Wildman–Crippen MR) is 77.6 cm³/mol. The van der Waals surface area contributed by atoms with Crippen molar-refractivity contribution in [3.63, 3.8) is 0 Å². The van der Waals surface area contributed by atoms with E-state index >= 15 is 0 Å². The molecule has 2 aromatic heterocycles. The monoisotopic (exact) mass is 246 g/mol. The van der Waals surface area contributed by atoms with Crippen LogP contribution in [0.2, 0.25) is 0 Å². The Hall–Kier alpha value is -2.48. The predicted octanol–water partition coefficient (Wildman–Crippen LogP) is 4.12. The number of rotatable bonds is 2. The van der Waals surface area contributed by atoms with Crippen LogP contribution in [-0.4, -0.2) is 9.97 Å². The minimum atomic E-state index is 0.916. The van der Waals surface area contributed by atoms with Crippen molar-refractivity contribution in [1.29, 1.82) is 0 Å². The van der Waals surface area contributed by atoms with E-state index < -0.39 is 0 Å². The molecule has 0 atom stereocenters. The number of benzene rings is 1. The summed E-state index contributed by atoms with van der Waals surface area (Å²) in [5, 5.41) is 0. The Kier molecular flexibility index (Phi) is 3.07. The molecule has 0 fully saturated rings. The van der Waals surface area contributed by atoms with E-state index in [1.54, 1.807) is 6.20 Å². The molecule has 92 valence electrons. The molecule has 0 amide bonds. The van der Waals surface area contributed by atoms with Crippen molar-refractivity contribution in [2.75, 3.05) is 0 Å². The Labute approximate surface area is 112 Å². The highest BCUT2D eigenvalue weighted by Crippen LogP contribution is 2.22. The highest BCUT2D eigenvalue weighted by atomic mass is 14.8. The molecule has 0 saturated heterocycles. The Morgan fingerprint density at radius 1 is 0.737 bits per heavy atom. The summed E-state index contributed by atoms with van der Waals surface area (Å²) < 4.78 is 0. The molecule has 0 unspecified atom stereocenters. The molecule has 0 aliphatic heterocycles. The van der Waals surface area contributed by atoms with E-state index in [-0.39, 0.29) is 0 Å². The van der Waals surface area contributed by atoms with Crippen LogP contribution in [0.5, 0.6) is 0 Å². The fourth-order valence-corrected chi connectivity index (χ4v) is 2.09. The van der Waals surface area contributed by atoms with Crippen LogP contribution < -0.4 is 0 Å². The fourth-order valence-electron chi connectivity index (χ4n) is 2.09. The number of pyridine rings is 2. The SMILES string of the molecule is Cc1cccnc1-c1cccc(-c2ccccc2)n1. The van der Waals surface area contributed by atoms with Crippen LogP contribution in [0.15, 0.2) is 66.9 Å². The minimum absolute atomic E-state index is 0.916. The van der Waals surface area contributed by atoms with Gasteiger partial charge in [0.2, 0.25) is 0 Å². The van der Waals surface area contributed by atoms with Gasteiger partial charge < -0.3 is 0 Å². The third-order valence-corrected chi connectivity index (χ3v) is 3.07.